The van der Waals surface area contributed by atoms with Crippen LogP contribution in [-0.2, 0) is 4.79 Å². The Labute approximate surface area is 239 Å². The van der Waals surface area contributed by atoms with Gasteiger partial charge >= 0.3 is 12.0 Å². The minimum absolute atomic E-state index is 0.0101. The van der Waals surface area contributed by atoms with E-state index in [1.54, 1.807) is 7.11 Å². The first-order valence-electron chi connectivity index (χ1n) is 13.9. The van der Waals surface area contributed by atoms with Crippen molar-refractivity contribution in [2.24, 2.45) is 0 Å². The zero-order valence-electron chi connectivity index (χ0n) is 23.4. The van der Waals surface area contributed by atoms with E-state index in [2.05, 4.69) is 20.4 Å². The number of anilines is 1. The second-order valence-corrected chi connectivity index (χ2v) is 9.77. The number of carbonyl (C=O) groups excluding carboxylic acids is 1. The van der Waals surface area contributed by atoms with Gasteiger partial charge in [0.1, 0.15) is 17.6 Å². The Balaban J connectivity index is 0.00000124. The zero-order chi connectivity index (χ0) is 28.9. The number of piperidine rings is 1. The Morgan fingerprint density at radius 3 is 2.37 bits per heavy atom. The molecule has 0 bridgehead atoms. The molecule has 12 nitrogen and oxygen atoms in total. The molecular formula is C29H38N6O6. The van der Waals surface area contributed by atoms with Crippen molar-refractivity contribution in [3.8, 4) is 22.9 Å². The highest BCUT2D eigenvalue weighted by Gasteiger charge is 2.25. The molecule has 0 radical (unpaired) electrons. The van der Waals surface area contributed by atoms with Crippen molar-refractivity contribution < 1.29 is 28.7 Å². The molecule has 3 heterocycles. The molecule has 3 aromatic rings. The molecular weight excluding hydrogens is 528 g/mol. The lowest BCUT2D eigenvalue weighted by molar-refractivity contribution is -0.122. The number of benzene rings is 2. The van der Waals surface area contributed by atoms with Crippen LogP contribution in [0.1, 0.15) is 19.3 Å². The summed E-state index contributed by atoms with van der Waals surface area (Å²) < 4.78 is 16.8. The topological polar surface area (TPSA) is 134 Å². The van der Waals surface area contributed by atoms with Crippen molar-refractivity contribution in [3.05, 3.63) is 54.6 Å². The summed E-state index contributed by atoms with van der Waals surface area (Å²) in [5.41, 5.74) is 0.865. The predicted octanol–water partition coefficient (Wildman–Crippen LogP) is 3.21. The maximum Gasteiger partial charge on any atom is 0.324 e. The van der Waals surface area contributed by atoms with E-state index in [9.17, 15) is 4.79 Å². The fraction of sp³-hybridized carbons (Fsp3) is 0.448. The van der Waals surface area contributed by atoms with Crippen LogP contribution in [0.2, 0.25) is 0 Å². The number of amides is 2. The normalized spacial score (nSPS) is 15.9. The monoisotopic (exact) mass is 566 g/mol. The molecule has 0 atom stereocenters. The van der Waals surface area contributed by atoms with Crippen molar-refractivity contribution in [1.29, 1.82) is 0 Å². The van der Waals surface area contributed by atoms with E-state index >= 15 is 0 Å². The summed E-state index contributed by atoms with van der Waals surface area (Å²) in [5, 5.41) is 14.1. The van der Waals surface area contributed by atoms with Crippen LogP contribution in [0.25, 0.3) is 11.4 Å². The maximum atomic E-state index is 12.7. The van der Waals surface area contributed by atoms with Crippen molar-refractivity contribution in [2.75, 3.05) is 64.4 Å². The van der Waals surface area contributed by atoms with Gasteiger partial charge in [-0.05, 0) is 62.2 Å². The van der Waals surface area contributed by atoms with Gasteiger partial charge in [0.05, 0.1) is 7.11 Å². The molecule has 5 rings (SSSR count). The molecule has 2 aliphatic heterocycles. The number of piperazine rings is 1. The first kappa shape index (κ1) is 29.7. The number of ether oxygens (including phenoxy) is 2. The van der Waals surface area contributed by atoms with E-state index in [1.165, 1.54) is 0 Å². The highest BCUT2D eigenvalue weighted by Crippen LogP contribution is 2.23. The Bertz CT molecular complexity index is 1190. The van der Waals surface area contributed by atoms with Gasteiger partial charge in [-0.2, -0.15) is 4.98 Å². The van der Waals surface area contributed by atoms with Crippen LogP contribution in [0.5, 0.6) is 11.5 Å². The number of para-hydroxylation sites is 1. The molecule has 2 amide bonds. The number of nitrogens with one attached hydrogen (secondary N) is 1. The van der Waals surface area contributed by atoms with Crippen LogP contribution < -0.4 is 19.7 Å². The third-order valence-electron chi connectivity index (χ3n) is 7.11. The highest BCUT2D eigenvalue weighted by molar-refractivity contribution is 5.74. The maximum absolute atomic E-state index is 12.7. The molecule has 2 N–H and O–H groups in total. The average molecular weight is 567 g/mol. The van der Waals surface area contributed by atoms with Gasteiger partial charge in [-0.25, -0.2) is 4.79 Å². The Morgan fingerprint density at radius 2 is 1.71 bits per heavy atom. The van der Waals surface area contributed by atoms with Crippen molar-refractivity contribution in [3.63, 3.8) is 0 Å². The van der Waals surface area contributed by atoms with E-state index in [0.29, 0.717) is 44.6 Å². The average Bonchev–Trinajstić information content (AvgIpc) is 3.52. The third-order valence-corrected chi connectivity index (χ3v) is 7.11. The molecule has 0 saturated carbocycles. The van der Waals surface area contributed by atoms with E-state index in [0.717, 1.165) is 56.0 Å². The van der Waals surface area contributed by atoms with E-state index in [4.69, 9.17) is 23.9 Å². The van der Waals surface area contributed by atoms with Gasteiger partial charge in [-0.3, -0.25) is 4.79 Å². The molecule has 2 aromatic carbocycles. The van der Waals surface area contributed by atoms with Crippen molar-refractivity contribution >= 4 is 18.5 Å². The molecule has 12 heteroatoms. The Morgan fingerprint density at radius 1 is 1.02 bits per heavy atom. The standard InChI is InChI=1S/C28H36N6O4.CH2O2/c1-36-23-10-8-22(9-11-23)26-30-28(38-31-26)34-20-18-33(19-21-34)27(35)29-14-5-15-32-16-12-25(13-17-32)37-24-6-3-2-4-7-24;2-1-3/h2-4,6-11,25H,5,12-21H2,1H3,(H,29,35);1H,(H,2,3). The minimum atomic E-state index is -0.250. The SMILES string of the molecule is COc1ccc(-c2noc(N3CCN(C(=O)NCCCN4CCC(Oc5ccccc5)CC4)CC3)n2)cc1.O=CO. The highest BCUT2D eigenvalue weighted by atomic mass is 16.5. The summed E-state index contributed by atoms with van der Waals surface area (Å²) in [6, 6.07) is 18.1. The van der Waals surface area contributed by atoms with Crippen LogP contribution in [0.3, 0.4) is 0 Å². The summed E-state index contributed by atoms with van der Waals surface area (Å²) in [5.74, 6) is 2.27. The summed E-state index contributed by atoms with van der Waals surface area (Å²) in [6.07, 6.45) is 3.29. The summed E-state index contributed by atoms with van der Waals surface area (Å²) >= 11 is 0. The molecule has 0 aliphatic carbocycles. The van der Waals surface area contributed by atoms with E-state index < -0.39 is 0 Å². The van der Waals surface area contributed by atoms with Crippen molar-refractivity contribution in [1.82, 2.24) is 25.3 Å². The number of carboxylic acid groups (broad SMARTS) is 1. The quantitative estimate of drug-likeness (QED) is 0.294. The fourth-order valence-electron chi connectivity index (χ4n) is 4.85. The number of methoxy groups -OCH3 is 1. The third kappa shape index (κ3) is 8.84. The summed E-state index contributed by atoms with van der Waals surface area (Å²) in [7, 11) is 1.63. The first-order valence-corrected chi connectivity index (χ1v) is 13.9. The van der Waals surface area contributed by atoms with Gasteiger partial charge in [-0.15, -0.1) is 0 Å². The minimum Gasteiger partial charge on any atom is -0.497 e. The number of nitrogens with zero attached hydrogens (tertiary/aromatic N) is 5. The second kappa shape index (κ2) is 15.5. The summed E-state index contributed by atoms with van der Waals surface area (Å²) in [6.45, 7) is 6.00. The lowest BCUT2D eigenvalue weighted by Crippen LogP contribution is -2.52. The van der Waals surface area contributed by atoms with E-state index in [-0.39, 0.29) is 18.6 Å². The Kier molecular flexibility index (Phi) is 11.2. The number of urea groups is 1. The largest absolute Gasteiger partial charge is 0.497 e. The lowest BCUT2D eigenvalue weighted by Gasteiger charge is -2.34. The Hall–Kier alpha value is -4.32. The molecule has 0 spiro atoms. The zero-order valence-corrected chi connectivity index (χ0v) is 23.4. The number of rotatable bonds is 9. The summed E-state index contributed by atoms with van der Waals surface area (Å²) in [4.78, 5) is 31.9. The number of likely N-dealkylation sites (tertiary alicyclic amines) is 1. The van der Waals surface area contributed by atoms with Gasteiger partial charge in [0.15, 0.2) is 0 Å². The fourth-order valence-corrected chi connectivity index (χ4v) is 4.85. The van der Waals surface area contributed by atoms with Gasteiger partial charge in [0, 0.05) is 51.4 Å². The lowest BCUT2D eigenvalue weighted by atomic mass is 10.1. The van der Waals surface area contributed by atoms with Crippen molar-refractivity contribution in [2.45, 2.75) is 25.4 Å². The van der Waals surface area contributed by atoms with Crippen LogP contribution >= 0.6 is 0 Å². The molecule has 220 valence electrons. The van der Waals surface area contributed by atoms with Crippen LogP contribution in [0.4, 0.5) is 10.8 Å². The molecule has 2 aliphatic rings. The van der Waals surface area contributed by atoms with Crippen LogP contribution in [-0.4, -0.2) is 103 Å². The number of hydrogen-bond acceptors (Lipinski definition) is 9. The molecule has 1 aromatic heterocycles. The number of hydrogen-bond donors (Lipinski definition) is 2. The first-order chi connectivity index (χ1) is 20.1. The molecule has 0 unspecified atom stereocenters. The smallest absolute Gasteiger partial charge is 0.324 e. The molecule has 2 saturated heterocycles. The second-order valence-electron chi connectivity index (χ2n) is 9.77. The number of aromatic nitrogens is 2. The molecule has 41 heavy (non-hydrogen) atoms. The predicted molar refractivity (Wildman–Crippen MR) is 153 cm³/mol. The van der Waals surface area contributed by atoms with Gasteiger partial charge in [0.25, 0.3) is 6.47 Å². The van der Waals surface area contributed by atoms with Gasteiger partial charge in [0.2, 0.25) is 5.82 Å². The van der Waals surface area contributed by atoms with Gasteiger partial charge < -0.3 is 39.1 Å². The molecule has 2 fully saturated rings. The van der Waals surface area contributed by atoms with Gasteiger partial charge in [-0.1, -0.05) is 23.4 Å². The number of carbonyl (C=O) groups is 2. The van der Waals surface area contributed by atoms with Crippen LogP contribution in [0, 0.1) is 0 Å². The van der Waals surface area contributed by atoms with Crippen LogP contribution in [0.15, 0.2) is 59.1 Å². The van der Waals surface area contributed by atoms with E-state index in [1.807, 2.05) is 64.4 Å².